The lowest BCUT2D eigenvalue weighted by Crippen LogP contribution is -2.06. The number of benzene rings is 2. The Kier molecular flexibility index (Phi) is 5.79. The van der Waals surface area contributed by atoms with Gasteiger partial charge < -0.3 is 4.74 Å². The van der Waals surface area contributed by atoms with Gasteiger partial charge in [-0.05, 0) is 44.2 Å². The van der Waals surface area contributed by atoms with E-state index in [4.69, 9.17) is 9.02 Å². The second-order valence-corrected chi connectivity index (χ2v) is 7.85. The number of ether oxygens (including phenoxy) is 1. The van der Waals surface area contributed by atoms with Gasteiger partial charge in [0.25, 0.3) is 0 Å². The summed E-state index contributed by atoms with van der Waals surface area (Å²) < 4.78 is 34.6. The molecule has 0 radical (unpaired) electrons. The van der Waals surface area contributed by atoms with E-state index in [9.17, 15) is 8.42 Å². The Morgan fingerprint density at radius 1 is 1.14 bits per heavy atom. The van der Waals surface area contributed by atoms with E-state index in [2.05, 4.69) is 15.4 Å². The van der Waals surface area contributed by atoms with Gasteiger partial charge in [0.1, 0.15) is 10.6 Å². The van der Waals surface area contributed by atoms with Gasteiger partial charge >= 0.3 is 10.1 Å². The van der Waals surface area contributed by atoms with Crippen molar-refractivity contribution in [2.24, 2.45) is 5.16 Å². The van der Waals surface area contributed by atoms with E-state index in [0.29, 0.717) is 12.1 Å². The minimum Gasteiger partial charge on any atom is -0.496 e. The molecule has 0 aliphatic rings. The van der Waals surface area contributed by atoms with Gasteiger partial charge in [-0.1, -0.05) is 35.0 Å². The number of aromatic amines is 1. The van der Waals surface area contributed by atoms with Crippen LogP contribution in [-0.2, 0) is 20.8 Å². The number of aryl methyl sites for hydroxylation is 1. The first-order chi connectivity index (χ1) is 13.4. The first kappa shape index (κ1) is 19.6. The van der Waals surface area contributed by atoms with E-state index >= 15 is 0 Å². The molecule has 0 unspecified atom stereocenters. The highest BCUT2D eigenvalue weighted by Gasteiger charge is 2.16. The predicted octanol–water partition coefficient (Wildman–Crippen LogP) is 3.72. The van der Waals surface area contributed by atoms with Crippen molar-refractivity contribution in [2.45, 2.75) is 25.2 Å². The molecule has 0 aliphatic heterocycles. The largest absolute Gasteiger partial charge is 0.496 e. The number of oxime groups is 1. The molecule has 0 bridgehead atoms. The molecule has 146 valence electrons. The third-order valence-corrected chi connectivity index (χ3v) is 5.18. The maximum atomic E-state index is 12.2. The van der Waals surface area contributed by atoms with Crippen LogP contribution in [-0.4, -0.2) is 31.4 Å². The lowest BCUT2D eigenvalue weighted by Gasteiger charge is -2.04. The SMILES string of the molecule is COc1ccccc1-c1cc(CC(C)=NOS(=O)(=O)c2ccc(C)cc2)[nH]n1. The zero-order valence-corrected chi connectivity index (χ0v) is 16.7. The van der Waals surface area contributed by atoms with Crippen molar-refractivity contribution in [1.82, 2.24) is 10.2 Å². The number of nitrogens with one attached hydrogen (secondary N) is 1. The Morgan fingerprint density at radius 2 is 1.86 bits per heavy atom. The monoisotopic (exact) mass is 399 g/mol. The number of aromatic nitrogens is 2. The van der Waals surface area contributed by atoms with Gasteiger partial charge in [0, 0.05) is 17.7 Å². The summed E-state index contributed by atoms with van der Waals surface area (Å²) in [4.78, 5) is 0.0645. The molecule has 0 saturated heterocycles. The molecule has 28 heavy (non-hydrogen) atoms. The second-order valence-electron chi connectivity index (χ2n) is 6.32. The Balaban J connectivity index is 1.70. The molecule has 7 nitrogen and oxygen atoms in total. The predicted molar refractivity (Wildman–Crippen MR) is 107 cm³/mol. The average Bonchev–Trinajstić information content (AvgIpc) is 3.15. The summed E-state index contributed by atoms with van der Waals surface area (Å²) in [5.74, 6) is 0.721. The van der Waals surface area contributed by atoms with E-state index in [0.717, 1.165) is 28.3 Å². The Morgan fingerprint density at radius 3 is 2.57 bits per heavy atom. The fraction of sp³-hybridized carbons (Fsp3) is 0.200. The fourth-order valence-corrected chi connectivity index (χ4v) is 3.40. The molecule has 2 aromatic carbocycles. The van der Waals surface area contributed by atoms with Crippen LogP contribution >= 0.6 is 0 Å². The number of H-pyrrole nitrogens is 1. The number of para-hydroxylation sites is 1. The van der Waals surface area contributed by atoms with Crippen molar-refractivity contribution >= 4 is 15.8 Å². The summed E-state index contributed by atoms with van der Waals surface area (Å²) >= 11 is 0. The minimum atomic E-state index is -3.94. The molecule has 0 atom stereocenters. The van der Waals surface area contributed by atoms with Gasteiger partial charge in [-0.15, -0.1) is 0 Å². The normalized spacial score (nSPS) is 12.0. The Bertz CT molecular complexity index is 1090. The van der Waals surface area contributed by atoms with Crippen LogP contribution in [0.1, 0.15) is 18.2 Å². The van der Waals surface area contributed by atoms with E-state index in [1.807, 2.05) is 37.3 Å². The molecule has 0 fully saturated rings. The molecule has 3 rings (SSSR count). The Hall–Kier alpha value is -3.13. The number of nitrogens with zero attached hydrogens (tertiary/aromatic N) is 2. The number of rotatable bonds is 7. The third-order valence-electron chi connectivity index (χ3n) is 4.06. The van der Waals surface area contributed by atoms with Crippen molar-refractivity contribution in [2.75, 3.05) is 7.11 Å². The van der Waals surface area contributed by atoms with Gasteiger partial charge in [0.05, 0.1) is 18.5 Å². The Labute approximate surface area is 164 Å². The summed E-state index contributed by atoms with van der Waals surface area (Å²) in [6, 6.07) is 15.8. The molecule has 0 amide bonds. The average molecular weight is 399 g/mol. The van der Waals surface area contributed by atoms with Crippen LogP contribution in [0.3, 0.4) is 0 Å². The zero-order chi connectivity index (χ0) is 20.1. The molecular weight excluding hydrogens is 378 g/mol. The summed E-state index contributed by atoms with van der Waals surface area (Å²) in [5, 5.41) is 11.0. The lowest BCUT2D eigenvalue weighted by molar-refractivity contribution is 0.337. The highest BCUT2D eigenvalue weighted by Crippen LogP contribution is 2.28. The summed E-state index contributed by atoms with van der Waals surface area (Å²) in [5.41, 5.74) is 3.82. The molecule has 8 heteroatoms. The van der Waals surface area contributed by atoms with Gasteiger partial charge in [0.15, 0.2) is 0 Å². The van der Waals surface area contributed by atoms with Crippen molar-refractivity contribution in [3.63, 3.8) is 0 Å². The molecular formula is C20H21N3O4S. The molecule has 3 aromatic rings. The van der Waals surface area contributed by atoms with Gasteiger partial charge in [-0.25, -0.2) is 0 Å². The van der Waals surface area contributed by atoms with Crippen LogP contribution in [0.2, 0.25) is 0 Å². The number of hydrogen-bond acceptors (Lipinski definition) is 6. The first-order valence-corrected chi connectivity index (χ1v) is 10.0. The maximum absolute atomic E-state index is 12.2. The minimum absolute atomic E-state index is 0.0645. The number of methoxy groups -OCH3 is 1. The zero-order valence-electron chi connectivity index (χ0n) is 15.8. The maximum Gasteiger partial charge on any atom is 0.358 e. The molecule has 0 saturated carbocycles. The van der Waals surface area contributed by atoms with Crippen LogP contribution in [0.4, 0.5) is 0 Å². The van der Waals surface area contributed by atoms with Crippen LogP contribution in [0, 0.1) is 6.92 Å². The summed E-state index contributed by atoms with van der Waals surface area (Å²) in [6.07, 6.45) is 0.367. The molecule has 1 heterocycles. The highest BCUT2D eigenvalue weighted by atomic mass is 32.2. The van der Waals surface area contributed by atoms with Crippen molar-refractivity contribution < 1.29 is 17.4 Å². The van der Waals surface area contributed by atoms with Crippen LogP contribution < -0.4 is 4.74 Å². The van der Waals surface area contributed by atoms with E-state index < -0.39 is 10.1 Å². The fourth-order valence-electron chi connectivity index (χ4n) is 2.61. The second kappa shape index (κ2) is 8.26. The van der Waals surface area contributed by atoms with Gasteiger partial charge in [0.2, 0.25) is 0 Å². The van der Waals surface area contributed by atoms with E-state index in [1.165, 1.54) is 12.1 Å². The smallest absolute Gasteiger partial charge is 0.358 e. The van der Waals surface area contributed by atoms with Crippen molar-refractivity contribution in [1.29, 1.82) is 0 Å². The lowest BCUT2D eigenvalue weighted by atomic mass is 10.1. The molecule has 0 spiro atoms. The summed E-state index contributed by atoms with van der Waals surface area (Å²) in [6.45, 7) is 3.57. The van der Waals surface area contributed by atoms with E-state index in [1.54, 1.807) is 26.2 Å². The standard InChI is InChI=1S/C20H21N3O4S/c1-14-8-10-17(11-9-14)28(24,25)27-23-15(2)12-16-13-19(22-21-16)18-6-4-5-7-20(18)26-3/h4-11,13H,12H2,1-3H3,(H,21,22). The molecule has 1 N–H and O–H groups in total. The highest BCUT2D eigenvalue weighted by molar-refractivity contribution is 7.86. The first-order valence-electron chi connectivity index (χ1n) is 8.60. The number of hydrogen-bond donors (Lipinski definition) is 1. The quantitative estimate of drug-likeness (QED) is 0.483. The van der Waals surface area contributed by atoms with Gasteiger partial charge in [-0.2, -0.15) is 13.5 Å². The third kappa shape index (κ3) is 4.58. The van der Waals surface area contributed by atoms with Crippen LogP contribution in [0.25, 0.3) is 11.3 Å². The van der Waals surface area contributed by atoms with Crippen LogP contribution in [0.15, 0.2) is 64.6 Å². The van der Waals surface area contributed by atoms with Crippen LogP contribution in [0.5, 0.6) is 5.75 Å². The van der Waals surface area contributed by atoms with Gasteiger partial charge in [-0.3, -0.25) is 9.38 Å². The summed E-state index contributed by atoms with van der Waals surface area (Å²) in [7, 11) is -2.33. The van der Waals surface area contributed by atoms with Crippen molar-refractivity contribution in [3.8, 4) is 17.0 Å². The van der Waals surface area contributed by atoms with Crippen molar-refractivity contribution in [3.05, 3.63) is 65.9 Å². The van der Waals surface area contributed by atoms with E-state index in [-0.39, 0.29) is 4.90 Å². The molecule has 1 aromatic heterocycles. The molecule has 0 aliphatic carbocycles. The topological polar surface area (TPSA) is 93.6 Å².